The molecule has 1 aromatic heterocycles. The number of aromatic amines is 1. The van der Waals surface area contributed by atoms with Gasteiger partial charge in [0.1, 0.15) is 11.5 Å². The Morgan fingerprint density at radius 2 is 2.15 bits per heavy atom. The number of aliphatic imine (C=N–C) groups is 1. The van der Waals surface area contributed by atoms with Crippen LogP contribution >= 0.6 is 0 Å². The minimum absolute atomic E-state index is 0.171. The quantitative estimate of drug-likeness (QED) is 0.722. The van der Waals surface area contributed by atoms with Crippen LogP contribution in [0.15, 0.2) is 4.99 Å². The molecule has 1 atom stereocenters. The Morgan fingerprint density at radius 1 is 1.31 bits per heavy atom. The number of fused-ring (bicyclic) bond motifs is 1. The number of nitrogens with zero attached hydrogens (tertiary/aromatic N) is 3. The van der Waals surface area contributed by atoms with Gasteiger partial charge in [-0.15, -0.1) is 5.10 Å². The summed E-state index contributed by atoms with van der Waals surface area (Å²) in [5.41, 5.74) is 0.930. The molecule has 1 aliphatic heterocycles. The van der Waals surface area contributed by atoms with Crippen molar-refractivity contribution in [3.05, 3.63) is 5.69 Å². The fourth-order valence-electron chi connectivity index (χ4n) is 1.45. The van der Waals surface area contributed by atoms with E-state index in [-0.39, 0.29) is 6.04 Å². The zero-order valence-electron chi connectivity index (χ0n) is 7.83. The van der Waals surface area contributed by atoms with Crippen LogP contribution in [0.2, 0.25) is 0 Å². The van der Waals surface area contributed by atoms with Crippen molar-refractivity contribution >= 4 is 11.7 Å². The molecule has 0 fully saturated rings. The van der Waals surface area contributed by atoms with Crippen molar-refractivity contribution in [3.63, 3.8) is 0 Å². The second kappa shape index (κ2) is 3.16. The largest absolute Gasteiger partial charge is 0.326 e. The SMILES string of the molecule is CCC1=NC(CC)c2n[nH]nc2N1. The molecule has 70 valence electrons. The van der Waals surface area contributed by atoms with Crippen LogP contribution in [0, 0.1) is 0 Å². The number of amidine groups is 1. The van der Waals surface area contributed by atoms with Gasteiger partial charge in [0.15, 0.2) is 5.82 Å². The first-order valence-corrected chi connectivity index (χ1v) is 4.59. The van der Waals surface area contributed by atoms with Gasteiger partial charge in [0.25, 0.3) is 0 Å². The van der Waals surface area contributed by atoms with E-state index in [0.717, 1.165) is 30.2 Å². The summed E-state index contributed by atoms with van der Waals surface area (Å²) in [6.45, 7) is 4.18. The Hall–Kier alpha value is -1.39. The lowest BCUT2D eigenvalue weighted by Gasteiger charge is -2.17. The smallest absolute Gasteiger partial charge is 0.179 e. The van der Waals surface area contributed by atoms with Crippen LogP contribution in [0.25, 0.3) is 0 Å². The highest BCUT2D eigenvalue weighted by molar-refractivity contribution is 5.96. The summed E-state index contributed by atoms with van der Waals surface area (Å²) in [5.74, 6) is 1.83. The van der Waals surface area contributed by atoms with E-state index in [1.54, 1.807) is 0 Å². The molecular weight excluding hydrogens is 166 g/mol. The maximum Gasteiger partial charge on any atom is 0.179 e. The predicted molar refractivity (Wildman–Crippen MR) is 50.8 cm³/mol. The average Bonchev–Trinajstić information content (AvgIpc) is 2.63. The van der Waals surface area contributed by atoms with Gasteiger partial charge < -0.3 is 5.32 Å². The first-order chi connectivity index (χ1) is 6.35. The molecule has 1 aliphatic rings. The first kappa shape index (κ1) is 8.22. The van der Waals surface area contributed by atoms with E-state index in [0.29, 0.717) is 0 Å². The molecular formula is C8H13N5. The number of rotatable bonds is 2. The molecule has 0 bridgehead atoms. The maximum atomic E-state index is 4.52. The Morgan fingerprint density at radius 3 is 2.85 bits per heavy atom. The van der Waals surface area contributed by atoms with E-state index in [1.165, 1.54) is 0 Å². The zero-order chi connectivity index (χ0) is 9.26. The molecule has 2 rings (SSSR count). The van der Waals surface area contributed by atoms with Gasteiger partial charge in [-0.1, -0.05) is 13.8 Å². The molecule has 5 heteroatoms. The third-order valence-electron chi connectivity index (χ3n) is 2.19. The zero-order valence-corrected chi connectivity index (χ0v) is 7.83. The van der Waals surface area contributed by atoms with Crippen LogP contribution < -0.4 is 5.32 Å². The fraction of sp³-hybridized carbons (Fsp3) is 0.625. The lowest BCUT2D eigenvalue weighted by Crippen LogP contribution is -2.19. The van der Waals surface area contributed by atoms with Crippen LogP contribution in [0.1, 0.15) is 38.4 Å². The van der Waals surface area contributed by atoms with Gasteiger partial charge in [0.2, 0.25) is 0 Å². The highest BCUT2D eigenvalue weighted by Crippen LogP contribution is 2.28. The number of hydrogen-bond donors (Lipinski definition) is 2. The molecule has 0 amide bonds. The third-order valence-corrected chi connectivity index (χ3v) is 2.19. The molecule has 13 heavy (non-hydrogen) atoms. The second-order valence-electron chi connectivity index (χ2n) is 3.04. The number of anilines is 1. The van der Waals surface area contributed by atoms with Gasteiger partial charge >= 0.3 is 0 Å². The summed E-state index contributed by atoms with van der Waals surface area (Å²) in [5, 5.41) is 13.8. The Labute approximate surface area is 76.6 Å². The van der Waals surface area contributed by atoms with Crippen LogP contribution in [0.5, 0.6) is 0 Å². The Kier molecular flexibility index (Phi) is 2.00. The van der Waals surface area contributed by atoms with Gasteiger partial charge in [-0.2, -0.15) is 10.3 Å². The topological polar surface area (TPSA) is 66.0 Å². The summed E-state index contributed by atoms with van der Waals surface area (Å²) < 4.78 is 0. The summed E-state index contributed by atoms with van der Waals surface area (Å²) >= 11 is 0. The Balaban J connectivity index is 2.34. The number of nitrogens with one attached hydrogen (secondary N) is 2. The average molecular weight is 179 g/mol. The van der Waals surface area contributed by atoms with Gasteiger partial charge in [-0.05, 0) is 6.42 Å². The van der Waals surface area contributed by atoms with Gasteiger partial charge in [0, 0.05) is 6.42 Å². The van der Waals surface area contributed by atoms with E-state index < -0.39 is 0 Å². The predicted octanol–water partition coefficient (Wildman–Crippen LogP) is 1.49. The summed E-state index contributed by atoms with van der Waals surface area (Å²) in [4.78, 5) is 4.52. The molecule has 1 unspecified atom stereocenters. The van der Waals surface area contributed by atoms with Gasteiger partial charge in [0.05, 0.1) is 6.04 Å². The lowest BCUT2D eigenvalue weighted by atomic mass is 10.1. The van der Waals surface area contributed by atoms with Crippen molar-refractivity contribution < 1.29 is 0 Å². The summed E-state index contributed by atoms with van der Waals surface area (Å²) in [6, 6.07) is 0.171. The number of H-pyrrole nitrogens is 1. The van der Waals surface area contributed by atoms with Gasteiger partial charge in [-0.25, -0.2) is 0 Å². The fourth-order valence-corrected chi connectivity index (χ4v) is 1.45. The van der Waals surface area contributed by atoms with Crippen molar-refractivity contribution in [2.75, 3.05) is 5.32 Å². The van der Waals surface area contributed by atoms with Crippen LogP contribution in [0.3, 0.4) is 0 Å². The molecule has 0 saturated carbocycles. The van der Waals surface area contributed by atoms with Crippen LogP contribution in [-0.4, -0.2) is 21.2 Å². The van der Waals surface area contributed by atoms with Gasteiger partial charge in [-0.3, -0.25) is 4.99 Å². The van der Waals surface area contributed by atoms with Crippen molar-refractivity contribution in [1.82, 2.24) is 15.4 Å². The van der Waals surface area contributed by atoms with E-state index in [2.05, 4.69) is 39.6 Å². The molecule has 2 heterocycles. The second-order valence-corrected chi connectivity index (χ2v) is 3.04. The van der Waals surface area contributed by atoms with Crippen LogP contribution in [0.4, 0.5) is 5.82 Å². The minimum atomic E-state index is 0.171. The Bertz CT molecular complexity index is 327. The van der Waals surface area contributed by atoms with E-state index >= 15 is 0 Å². The molecule has 0 spiro atoms. The van der Waals surface area contributed by atoms with Crippen molar-refractivity contribution in [1.29, 1.82) is 0 Å². The number of hydrogen-bond acceptors (Lipinski definition) is 4. The van der Waals surface area contributed by atoms with E-state index in [4.69, 9.17) is 0 Å². The molecule has 2 N–H and O–H groups in total. The third kappa shape index (κ3) is 1.30. The molecule has 1 aromatic rings. The highest BCUT2D eigenvalue weighted by Gasteiger charge is 2.22. The van der Waals surface area contributed by atoms with Crippen molar-refractivity contribution in [3.8, 4) is 0 Å². The first-order valence-electron chi connectivity index (χ1n) is 4.59. The number of aromatic nitrogens is 3. The normalized spacial score (nSPS) is 20.5. The standard InChI is InChI=1S/C8H13N5/c1-3-5-7-8(12-13-11-7)10-6(4-2)9-5/h5H,3-4H2,1-2H3,(H2,9,10,11,12,13). The lowest BCUT2D eigenvalue weighted by molar-refractivity contribution is 0.667. The molecule has 5 nitrogen and oxygen atoms in total. The molecule has 0 saturated heterocycles. The van der Waals surface area contributed by atoms with Crippen molar-refractivity contribution in [2.45, 2.75) is 32.7 Å². The van der Waals surface area contributed by atoms with E-state index in [1.807, 2.05) is 0 Å². The molecule has 0 radical (unpaired) electrons. The molecule has 0 aliphatic carbocycles. The maximum absolute atomic E-state index is 4.52. The summed E-state index contributed by atoms with van der Waals surface area (Å²) in [7, 11) is 0. The van der Waals surface area contributed by atoms with Crippen molar-refractivity contribution in [2.24, 2.45) is 4.99 Å². The minimum Gasteiger partial charge on any atom is -0.326 e. The monoisotopic (exact) mass is 179 g/mol. The highest BCUT2D eigenvalue weighted by atomic mass is 15.4. The van der Waals surface area contributed by atoms with E-state index in [9.17, 15) is 0 Å². The molecule has 0 aromatic carbocycles. The summed E-state index contributed by atoms with van der Waals surface area (Å²) in [6.07, 6.45) is 1.87. The van der Waals surface area contributed by atoms with Crippen LogP contribution in [-0.2, 0) is 0 Å².